The van der Waals surface area contributed by atoms with Gasteiger partial charge in [-0.25, -0.2) is 9.97 Å². The highest BCUT2D eigenvalue weighted by Crippen LogP contribution is 2.34. The maximum Gasteiger partial charge on any atom is 0.226 e. The van der Waals surface area contributed by atoms with Crippen molar-refractivity contribution in [3.8, 4) is 11.3 Å². The number of rotatable bonds is 5. The van der Waals surface area contributed by atoms with E-state index in [-0.39, 0.29) is 5.91 Å². The first-order chi connectivity index (χ1) is 12.1. The van der Waals surface area contributed by atoms with E-state index in [2.05, 4.69) is 24.0 Å². The van der Waals surface area contributed by atoms with Gasteiger partial charge in [0, 0.05) is 35.8 Å². The zero-order valence-electron chi connectivity index (χ0n) is 14.7. The summed E-state index contributed by atoms with van der Waals surface area (Å²) in [6, 6.07) is 8.87. The van der Waals surface area contributed by atoms with Crippen LogP contribution in [0.2, 0.25) is 0 Å². The van der Waals surface area contributed by atoms with Crippen LogP contribution in [0.5, 0.6) is 0 Å². The summed E-state index contributed by atoms with van der Waals surface area (Å²) in [6.45, 7) is 3.27. The van der Waals surface area contributed by atoms with Crippen molar-refractivity contribution in [3.63, 3.8) is 0 Å². The highest BCUT2D eigenvalue weighted by Gasteiger charge is 2.29. The summed E-state index contributed by atoms with van der Waals surface area (Å²) in [5.41, 5.74) is 11.1. The van der Waals surface area contributed by atoms with E-state index >= 15 is 0 Å². The van der Waals surface area contributed by atoms with Crippen LogP contribution >= 0.6 is 0 Å². The van der Waals surface area contributed by atoms with Gasteiger partial charge >= 0.3 is 0 Å². The number of nitrogens with zero attached hydrogens (tertiary/aromatic N) is 3. The SMILES string of the molecule is C[C@H]1CCN1c1nc2c(c(-c3cccc(CCC(N)=O)c3)n1)CCC2. The van der Waals surface area contributed by atoms with Gasteiger partial charge in [0.1, 0.15) is 0 Å². The molecule has 2 N–H and O–H groups in total. The lowest BCUT2D eigenvalue weighted by atomic mass is 10.0. The fraction of sp³-hybridized carbons (Fsp3) is 0.450. The fourth-order valence-electron chi connectivity index (χ4n) is 3.74. The molecule has 1 aromatic carbocycles. The first-order valence-electron chi connectivity index (χ1n) is 9.16. The molecular weight excluding hydrogens is 312 g/mol. The van der Waals surface area contributed by atoms with Crippen molar-refractivity contribution in [1.29, 1.82) is 0 Å². The molecule has 1 aliphatic carbocycles. The van der Waals surface area contributed by atoms with E-state index in [0.717, 1.165) is 48.6 Å². The maximum atomic E-state index is 11.1. The molecular formula is C20H24N4O. The van der Waals surface area contributed by atoms with Crippen LogP contribution in [0.25, 0.3) is 11.3 Å². The van der Waals surface area contributed by atoms with E-state index < -0.39 is 0 Å². The zero-order chi connectivity index (χ0) is 17.4. The van der Waals surface area contributed by atoms with Gasteiger partial charge < -0.3 is 10.6 Å². The van der Waals surface area contributed by atoms with Gasteiger partial charge in [0.15, 0.2) is 0 Å². The predicted octanol–water partition coefficient (Wildman–Crippen LogP) is 2.65. The number of aryl methyl sites for hydroxylation is 2. The van der Waals surface area contributed by atoms with E-state index in [0.29, 0.717) is 18.9 Å². The third-order valence-electron chi connectivity index (χ3n) is 5.36. The Kier molecular flexibility index (Phi) is 4.15. The Morgan fingerprint density at radius 2 is 2.20 bits per heavy atom. The number of hydrogen-bond donors (Lipinski definition) is 1. The van der Waals surface area contributed by atoms with Crippen LogP contribution < -0.4 is 10.6 Å². The molecule has 4 rings (SSSR count). The molecule has 2 aliphatic rings. The molecule has 130 valence electrons. The quantitative estimate of drug-likeness (QED) is 0.911. The molecule has 25 heavy (non-hydrogen) atoms. The van der Waals surface area contributed by atoms with E-state index in [4.69, 9.17) is 15.7 Å². The van der Waals surface area contributed by atoms with Crippen LogP contribution in [0, 0.1) is 0 Å². The van der Waals surface area contributed by atoms with E-state index in [1.54, 1.807) is 0 Å². The number of fused-ring (bicyclic) bond motifs is 1. The Morgan fingerprint density at radius 3 is 2.92 bits per heavy atom. The second-order valence-electron chi connectivity index (χ2n) is 7.15. The minimum Gasteiger partial charge on any atom is -0.370 e. The molecule has 5 heteroatoms. The van der Waals surface area contributed by atoms with Gasteiger partial charge in [0.2, 0.25) is 11.9 Å². The monoisotopic (exact) mass is 336 g/mol. The van der Waals surface area contributed by atoms with Crippen molar-refractivity contribution < 1.29 is 4.79 Å². The molecule has 0 radical (unpaired) electrons. The first-order valence-corrected chi connectivity index (χ1v) is 9.16. The Hall–Kier alpha value is -2.43. The molecule has 1 atom stereocenters. The smallest absolute Gasteiger partial charge is 0.226 e. The largest absolute Gasteiger partial charge is 0.370 e. The molecule has 0 unspecified atom stereocenters. The second kappa shape index (κ2) is 6.47. The number of anilines is 1. The molecule has 0 saturated carbocycles. The zero-order valence-corrected chi connectivity index (χ0v) is 14.7. The molecule has 1 aliphatic heterocycles. The molecule has 2 heterocycles. The van der Waals surface area contributed by atoms with Gasteiger partial charge in [0.25, 0.3) is 0 Å². The Bertz CT molecular complexity index is 817. The number of amides is 1. The van der Waals surface area contributed by atoms with Crippen LogP contribution in [-0.4, -0.2) is 28.5 Å². The van der Waals surface area contributed by atoms with Crippen molar-refractivity contribution in [2.24, 2.45) is 5.73 Å². The number of carbonyl (C=O) groups is 1. The molecule has 0 bridgehead atoms. The number of primary amides is 1. The number of aromatic nitrogens is 2. The van der Waals surface area contributed by atoms with Crippen molar-refractivity contribution in [2.75, 3.05) is 11.4 Å². The number of benzene rings is 1. The molecule has 1 aromatic heterocycles. The van der Waals surface area contributed by atoms with Gasteiger partial charge in [-0.1, -0.05) is 18.2 Å². The van der Waals surface area contributed by atoms with E-state index in [9.17, 15) is 4.79 Å². The lowest BCUT2D eigenvalue weighted by molar-refractivity contribution is -0.117. The average Bonchev–Trinajstić information content (AvgIpc) is 3.06. The highest BCUT2D eigenvalue weighted by atomic mass is 16.1. The van der Waals surface area contributed by atoms with Gasteiger partial charge in [-0.3, -0.25) is 4.79 Å². The molecule has 1 amide bonds. The van der Waals surface area contributed by atoms with Gasteiger partial charge in [-0.05, 0) is 50.7 Å². The Morgan fingerprint density at radius 1 is 1.32 bits per heavy atom. The van der Waals surface area contributed by atoms with Crippen LogP contribution in [0.4, 0.5) is 5.95 Å². The first kappa shape index (κ1) is 16.1. The lowest BCUT2D eigenvalue weighted by Crippen LogP contribution is -2.46. The normalized spacial score (nSPS) is 18.8. The van der Waals surface area contributed by atoms with E-state index in [1.807, 2.05) is 12.1 Å². The van der Waals surface area contributed by atoms with E-state index in [1.165, 1.54) is 17.7 Å². The van der Waals surface area contributed by atoms with Crippen LogP contribution in [0.3, 0.4) is 0 Å². The summed E-state index contributed by atoms with van der Waals surface area (Å²) < 4.78 is 0. The number of carbonyl (C=O) groups excluding carboxylic acids is 1. The molecule has 0 spiro atoms. The number of nitrogens with two attached hydrogens (primary N) is 1. The third kappa shape index (κ3) is 3.11. The standard InChI is InChI=1S/C20H24N4O/c1-13-10-11-24(13)20-22-17-7-3-6-16(17)19(23-20)15-5-2-4-14(12-15)8-9-18(21)25/h2,4-5,12-13H,3,6-11H2,1H3,(H2,21,25)/t13-/m0/s1. The lowest BCUT2D eigenvalue weighted by Gasteiger charge is -2.39. The van der Waals surface area contributed by atoms with Gasteiger partial charge in [-0.15, -0.1) is 0 Å². The average molecular weight is 336 g/mol. The predicted molar refractivity (Wildman–Crippen MR) is 98.4 cm³/mol. The van der Waals surface area contributed by atoms with Crippen LogP contribution in [0.15, 0.2) is 24.3 Å². The van der Waals surface area contributed by atoms with Crippen molar-refractivity contribution in [1.82, 2.24) is 9.97 Å². The molecule has 5 nitrogen and oxygen atoms in total. The summed E-state index contributed by atoms with van der Waals surface area (Å²) in [5, 5.41) is 0. The Balaban J connectivity index is 1.72. The van der Waals surface area contributed by atoms with Crippen LogP contribution in [0.1, 0.15) is 43.0 Å². The van der Waals surface area contributed by atoms with Crippen molar-refractivity contribution in [2.45, 2.75) is 51.5 Å². The third-order valence-corrected chi connectivity index (χ3v) is 5.36. The van der Waals surface area contributed by atoms with Gasteiger partial charge in [0.05, 0.1) is 5.69 Å². The van der Waals surface area contributed by atoms with Crippen molar-refractivity contribution in [3.05, 3.63) is 41.1 Å². The van der Waals surface area contributed by atoms with Crippen molar-refractivity contribution >= 4 is 11.9 Å². The minimum atomic E-state index is -0.262. The topological polar surface area (TPSA) is 72.1 Å². The number of hydrogen-bond acceptors (Lipinski definition) is 4. The van der Waals surface area contributed by atoms with Gasteiger partial charge in [-0.2, -0.15) is 0 Å². The summed E-state index contributed by atoms with van der Waals surface area (Å²) >= 11 is 0. The maximum absolute atomic E-state index is 11.1. The fourth-order valence-corrected chi connectivity index (χ4v) is 3.74. The summed E-state index contributed by atoms with van der Waals surface area (Å²) in [4.78, 5) is 23.2. The molecule has 2 aromatic rings. The summed E-state index contributed by atoms with van der Waals surface area (Å²) in [5.74, 6) is 0.610. The highest BCUT2D eigenvalue weighted by molar-refractivity contribution is 5.74. The molecule has 1 fully saturated rings. The summed E-state index contributed by atoms with van der Waals surface area (Å²) in [7, 11) is 0. The second-order valence-corrected chi connectivity index (χ2v) is 7.15. The van der Waals surface area contributed by atoms with Crippen LogP contribution in [-0.2, 0) is 24.1 Å². The minimum absolute atomic E-state index is 0.262. The summed E-state index contributed by atoms with van der Waals surface area (Å²) in [6.07, 6.45) is 5.50. The molecule has 1 saturated heterocycles. The Labute approximate surface area is 148 Å².